The van der Waals surface area contributed by atoms with Gasteiger partial charge in [0.15, 0.2) is 6.61 Å². The first kappa shape index (κ1) is 20.0. The Bertz CT molecular complexity index is 939. The lowest BCUT2D eigenvalue weighted by Crippen LogP contribution is -2.22. The number of esters is 1. The van der Waals surface area contributed by atoms with Crippen LogP contribution in [0.25, 0.3) is 0 Å². The molecule has 0 fully saturated rings. The van der Waals surface area contributed by atoms with E-state index in [1.807, 2.05) is 0 Å². The van der Waals surface area contributed by atoms with Gasteiger partial charge in [-0.2, -0.15) is 0 Å². The van der Waals surface area contributed by atoms with Crippen LogP contribution in [0.3, 0.4) is 0 Å². The number of carbonyl (C=O) groups excluding carboxylic acids is 3. The monoisotopic (exact) mass is 404 g/mol. The maximum Gasteiger partial charge on any atom is 0.341 e. The normalized spacial score (nSPS) is 12.8. The van der Waals surface area contributed by atoms with E-state index in [-0.39, 0.29) is 11.6 Å². The molecule has 0 bridgehead atoms. The van der Waals surface area contributed by atoms with E-state index in [1.54, 1.807) is 13.0 Å². The Morgan fingerprint density at radius 3 is 2.64 bits per heavy atom. The van der Waals surface area contributed by atoms with Crippen LogP contribution in [-0.4, -0.2) is 24.4 Å². The van der Waals surface area contributed by atoms with E-state index in [4.69, 9.17) is 4.74 Å². The summed E-state index contributed by atoms with van der Waals surface area (Å²) >= 11 is 1.38. The minimum Gasteiger partial charge on any atom is -0.452 e. The minimum absolute atomic E-state index is 0.0264. The highest BCUT2D eigenvalue weighted by Gasteiger charge is 2.27. The number of hydrogen-bond acceptors (Lipinski definition) is 5. The number of ether oxygens (including phenoxy) is 1. The predicted octanol–water partition coefficient (Wildman–Crippen LogP) is 3.83. The summed E-state index contributed by atoms with van der Waals surface area (Å²) in [5.41, 5.74) is 1.97. The maximum absolute atomic E-state index is 13.8. The molecule has 2 N–H and O–H groups in total. The zero-order valence-electron chi connectivity index (χ0n) is 15.7. The summed E-state index contributed by atoms with van der Waals surface area (Å²) < 4.78 is 19.0. The van der Waals surface area contributed by atoms with E-state index in [2.05, 4.69) is 10.6 Å². The fraction of sp³-hybridized carbons (Fsp3) is 0.350. The molecule has 0 spiro atoms. The van der Waals surface area contributed by atoms with Crippen molar-refractivity contribution in [2.45, 2.75) is 39.5 Å². The van der Waals surface area contributed by atoms with E-state index in [0.717, 1.165) is 41.7 Å². The van der Waals surface area contributed by atoms with Crippen molar-refractivity contribution in [1.82, 2.24) is 0 Å². The first-order valence-corrected chi connectivity index (χ1v) is 9.82. The Kier molecular flexibility index (Phi) is 6.08. The molecule has 2 aromatic rings. The van der Waals surface area contributed by atoms with Crippen LogP contribution in [0.15, 0.2) is 18.2 Å². The van der Waals surface area contributed by atoms with Gasteiger partial charge in [-0.3, -0.25) is 9.59 Å². The summed E-state index contributed by atoms with van der Waals surface area (Å²) in [6.45, 7) is 2.57. The van der Waals surface area contributed by atoms with Crippen LogP contribution in [0, 0.1) is 12.7 Å². The fourth-order valence-electron chi connectivity index (χ4n) is 3.14. The van der Waals surface area contributed by atoms with Gasteiger partial charge in [0.25, 0.3) is 5.91 Å². The second-order valence-corrected chi connectivity index (χ2v) is 7.81. The number of aryl methyl sites for hydroxylation is 2. The molecule has 6 nitrogen and oxygen atoms in total. The second-order valence-electron chi connectivity index (χ2n) is 6.70. The number of amides is 2. The van der Waals surface area contributed by atoms with Crippen LogP contribution in [0.1, 0.15) is 46.1 Å². The van der Waals surface area contributed by atoms with Gasteiger partial charge in [-0.15, -0.1) is 11.3 Å². The van der Waals surface area contributed by atoms with E-state index < -0.39 is 24.3 Å². The zero-order chi connectivity index (χ0) is 20.3. The van der Waals surface area contributed by atoms with Gasteiger partial charge in [0.2, 0.25) is 5.91 Å². The number of thiophene rings is 1. The van der Waals surface area contributed by atoms with Crippen molar-refractivity contribution in [3.05, 3.63) is 45.6 Å². The molecule has 3 rings (SSSR count). The van der Waals surface area contributed by atoms with Gasteiger partial charge in [0.1, 0.15) is 10.8 Å². The van der Waals surface area contributed by atoms with E-state index in [9.17, 15) is 18.8 Å². The number of carbonyl (C=O) groups is 3. The van der Waals surface area contributed by atoms with Gasteiger partial charge in [0.05, 0.1) is 11.3 Å². The molecule has 1 heterocycles. The lowest BCUT2D eigenvalue weighted by atomic mass is 9.95. The summed E-state index contributed by atoms with van der Waals surface area (Å²) in [7, 11) is 0. The van der Waals surface area contributed by atoms with Gasteiger partial charge in [-0.1, -0.05) is 6.07 Å². The second kappa shape index (κ2) is 8.52. The molecule has 0 radical (unpaired) electrons. The number of rotatable bonds is 5. The van der Waals surface area contributed by atoms with Crippen molar-refractivity contribution in [2.75, 3.05) is 17.2 Å². The Hall–Kier alpha value is -2.74. The van der Waals surface area contributed by atoms with Gasteiger partial charge in [0, 0.05) is 11.8 Å². The van der Waals surface area contributed by atoms with Crippen LogP contribution in [0.4, 0.5) is 15.1 Å². The van der Waals surface area contributed by atoms with Gasteiger partial charge in [-0.25, -0.2) is 9.18 Å². The number of halogens is 1. The Morgan fingerprint density at radius 2 is 1.93 bits per heavy atom. The molecule has 8 heteroatoms. The summed E-state index contributed by atoms with van der Waals surface area (Å²) in [6.07, 6.45) is 3.58. The highest BCUT2D eigenvalue weighted by atomic mass is 32.1. The average Bonchev–Trinajstić information content (AvgIpc) is 2.99. The predicted molar refractivity (Wildman–Crippen MR) is 105 cm³/mol. The summed E-state index contributed by atoms with van der Waals surface area (Å²) in [5, 5.41) is 5.52. The quantitative estimate of drug-likeness (QED) is 0.742. The molecule has 1 aromatic carbocycles. The molecule has 0 atom stereocenters. The fourth-order valence-corrected chi connectivity index (χ4v) is 4.46. The molecular formula is C20H21FN2O4S. The third kappa shape index (κ3) is 4.56. The molecular weight excluding hydrogens is 383 g/mol. The lowest BCUT2D eigenvalue weighted by molar-refractivity contribution is -0.119. The van der Waals surface area contributed by atoms with E-state index in [0.29, 0.717) is 10.6 Å². The third-order valence-electron chi connectivity index (χ3n) is 4.40. The number of nitrogens with one attached hydrogen (secondary N) is 2. The van der Waals surface area contributed by atoms with Crippen LogP contribution < -0.4 is 10.6 Å². The zero-order valence-corrected chi connectivity index (χ0v) is 16.5. The van der Waals surface area contributed by atoms with E-state index in [1.165, 1.54) is 30.4 Å². The molecule has 0 saturated heterocycles. The topological polar surface area (TPSA) is 84.5 Å². The van der Waals surface area contributed by atoms with E-state index >= 15 is 0 Å². The van der Waals surface area contributed by atoms with Crippen molar-refractivity contribution in [3.8, 4) is 0 Å². The lowest BCUT2D eigenvalue weighted by Gasteiger charge is -2.13. The first-order chi connectivity index (χ1) is 13.3. The highest BCUT2D eigenvalue weighted by molar-refractivity contribution is 7.17. The van der Waals surface area contributed by atoms with Crippen LogP contribution >= 0.6 is 11.3 Å². The summed E-state index contributed by atoms with van der Waals surface area (Å²) in [5.74, 6) is -2.14. The minimum atomic E-state index is -0.664. The number of hydrogen-bond donors (Lipinski definition) is 2. The number of benzene rings is 1. The Labute approximate surface area is 166 Å². The van der Waals surface area contributed by atoms with Crippen molar-refractivity contribution >= 4 is 39.8 Å². The molecule has 148 valence electrons. The van der Waals surface area contributed by atoms with Gasteiger partial charge in [-0.05, 0) is 55.9 Å². The SMILES string of the molecule is CC(=O)Nc1sc2c(c1C(=O)OCC(=O)Nc1ccc(C)cc1F)CCCC2. The molecule has 0 aliphatic heterocycles. The molecule has 1 aromatic heterocycles. The van der Waals surface area contributed by atoms with Crippen LogP contribution in [-0.2, 0) is 27.2 Å². The summed E-state index contributed by atoms with van der Waals surface area (Å²) in [6, 6.07) is 4.43. The Morgan fingerprint density at radius 1 is 1.18 bits per heavy atom. The molecule has 2 amide bonds. The molecule has 1 aliphatic carbocycles. The van der Waals surface area contributed by atoms with Gasteiger partial charge >= 0.3 is 5.97 Å². The average molecular weight is 404 g/mol. The smallest absolute Gasteiger partial charge is 0.341 e. The molecule has 0 unspecified atom stereocenters. The number of fused-ring (bicyclic) bond motifs is 1. The maximum atomic E-state index is 13.8. The number of anilines is 2. The Balaban J connectivity index is 1.69. The standard InChI is InChI=1S/C20H21FN2O4S/c1-11-7-8-15(14(21)9-11)23-17(25)10-27-20(26)18-13-5-3-4-6-16(13)28-19(18)22-12(2)24/h7-9H,3-6,10H2,1-2H3,(H,22,24)(H,23,25). The third-order valence-corrected chi connectivity index (χ3v) is 5.61. The first-order valence-electron chi connectivity index (χ1n) is 9.00. The van der Waals surface area contributed by atoms with Crippen molar-refractivity contribution in [1.29, 1.82) is 0 Å². The van der Waals surface area contributed by atoms with Crippen molar-refractivity contribution < 1.29 is 23.5 Å². The molecule has 28 heavy (non-hydrogen) atoms. The molecule has 0 saturated carbocycles. The largest absolute Gasteiger partial charge is 0.452 e. The van der Waals surface area contributed by atoms with Gasteiger partial charge < -0.3 is 15.4 Å². The summed E-state index contributed by atoms with van der Waals surface area (Å²) in [4.78, 5) is 37.2. The van der Waals surface area contributed by atoms with Crippen molar-refractivity contribution in [2.24, 2.45) is 0 Å². The van der Waals surface area contributed by atoms with Crippen LogP contribution in [0.5, 0.6) is 0 Å². The van der Waals surface area contributed by atoms with Crippen molar-refractivity contribution in [3.63, 3.8) is 0 Å². The van der Waals surface area contributed by atoms with Crippen LogP contribution in [0.2, 0.25) is 0 Å². The molecule has 1 aliphatic rings. The highest BCUT2D eigenvalue weighted by Crippen LogP contribution is 2.38.